The van der Waals surface area contributed by atoms with Crippen molar-refractivity contribution in [2.45, 2.75) is 44.7 Å². The number of ether oxygens (including phenoxy) is 1. The molecule has 1 saturated carbocycles. The number of nitrogens with one attached hydrogen (secondary N) is 1. The highest BCUT2D eigenvalue weighted by Crippen LogP contribution is 2.50. The van der Waals surface area contributed by atoms with Crippen LogP contribution in [0.25, 0.3) is 0 Å². The summed E-state index contributed by atoms with van der Waals surface area (Å²) in [5.41, 5.74) is 3.74. The second-order valence-corrected chi connectivity index (χ2v) is 10.2. The standard InChI is InChI=1S/C27H33N5O2/c1-3-32-25-22(26(33)31(2)17-27(32)14-19-13-20(19)16-30-27)12-18(15-29-25)9-11-34-24-8-4-7-23-21(24)6-5-10-28-23/h4,7-8,12,15-16,19-20,28H,3,5-6,9-11,13-14,17H2,1-2H3. The fourth-order valence-corrected chi connectivity index (χ4v) is 5.97. The van der Waals surface area contributed by atoms with Gasteiger partial charge < -0.3 is 19.9 Å². The van der Waals surface area contributed by atoms with E-state index in [1.165, 1.54) is 17.7 Å². The SMILES string of the molecule is CCN1c2ncc(CCOc3cccc4c3CCCN4)cc2C(=O)N(C)CC12CC1CC1C=N2. The predicted octanol–water partition coefficient (Wildman–Crippen LogP) is 3.78. The molecule has 0 radical (unpaired) electrons. The number of fused-ring (bicyclic) bond motifs is 3. The highest BCUT2D eigenvalue weighted by atomic mass is 16.5. The van der Waals surface area contributed by atoms with Crippen molar-refractivity contribution in [3.8, 4) is 5.75 Å². The maximum Gasteiger partial charge on any atom is 0.257 e. The Hall–Kier alpha value is -3.09. The van der Waals surface area contributed by atoms with Gasteiger partial charge in [-0.3, -0.25) is 9.79 Å². The Bertz CT molecular complexity index is 1150. The molecule has 1 spiro atoms. The van der Waals surface area contributed by atoms with Gasteiger partial charge in [0.25, 0.3) is 5.91 Å². The van der Waals surface area contributed by atoms with Crippen LogP contribution in [0.4, 0.5) is 11.5 Å². The maximum absolute atomic E-state index is 13.4. The number of carbonyl (C=O) groups excluding carboxylic acids is 1. The van der Waals surface area contributed by atoms with Crippen LogP contribution in [-0.4, -0.2) is 61.0 Å². The number of likely N-dealkylation sites (N-methyl/N-ethyl adjacent to an activating group) is 2. The highest BCUT2D eigenvalue weighted by Gasteiger charge is 2.52. The Labute approximate surface area is 201 Å². The summed E-state index contributed by atoms with van der Waals surface area (Å²) in [6.45, 7) is 5.07. The summed E-state index contributed by atoms with van der Waals surface area (Å²) in [4.78, 5) is 27.3. The number of anilines is 2. The molecule has 7 heteroatoms. The van der Waals surface area contributed by atoms with Crippen molar-refractivity contribution in [2.75, 3.05) is 43.5 Å². The third kappa shape index (κ3) is 3.62. The lowest BCUT2D eigenvalue weighted by atomic mass is 9.97. The normalized spacial score (nSPS) is 26.9. The molecule has 2 aromatic rings. The second-order valence-electron chi connectivity index (χ2n) is 10.2. The Kier molecular flexibility index (Phi) is 5.23. The molecule has 4 aliphatic rings. The highest BCUT2D eigenvalue weighted by molar-refractivity contribution is 6.00. The van der Waals surface area contributed by atoms with Gasteiger partial charge in [-0.1, -0.05) is 6.07 Å². The minimum absolute atomic E-state index is 0.0249. The monoisotopic (exact) mass is 459 g/mol. The first-order valence-corrected chi connectivity index (χ1v) is 12.6. The molecule has 3 unspecified atom stereocenters. The van der Waals surface area contributed by atoms with Crippen LogP contribution in [0.2, 0.25) is 0 Å². The van der Waals surface area contributed by atoms with Gasteiger partial charge >= 0.3 is 0 Å². The summed E-state index contributed by atoms with van der Waals surface area (Å²) in [5.74, 6) is 3.06. The summed E-state index contributed by atoms with van der Waals surface area (Å²) in [5, 5.41) is 3.45. The molecule has 1 aliphatic carbocycles. The van der Waals surface area contributed by atoms with Gasteiger partial charge in [-0.05, 0) is 68.2 Å². The lowest BCUT2D eigenvalue weighted by Gasteiger charge is -2.42. The first-order valence-electron chi connectivity index (χ1n) is 12.6. The van der Waals surface area contributed by atoms with Crippen molar-refractivity contribution in [3.05, 3.63) is 47.2 Å². The van der Waals surface area contributed by atoms with Crippen LogP contribution in [0.1, 0.15) is 47.7 Å². The molecule has 4 heterocycles. The van der Waals surface area contributed by atoms with Crippen LogP contribution < -0.4 is 15.0 Å². The van der Waals surface area contributed by atoms with E-state index in [0.717, 1.165) is 49.5 Å². The summed E-state index contributed by atoms with van der Waals surface area (Å²) < 4.78 is 6.18. The average molecular weight is 460 g/mol. The van der Waals surface area contributed by atoms with Crippen LogP contribution in [0.5, 0.6) is 5.75 Å². The number of benzene rings is 1. The van der Waals surface area contributed by atoms with Gasteiger partial charge in [0.15, 0.2) is 5.66 Å². The first kappa shape index (κ1) is 21.4. The molecule has 3 aliphatic heterocycles. The van der Waals surface area contributed by atoms with Crippen LogP contribution in [0, 0.1) is 11.8 Å². The van der Waals surface area contributed by atoms with Gasteiger partial charge in [0.1, 0.15) is 11.6 Å². The van der Waals surface area contributed by atoms with E-state index in [2.05, 4.69) is 29.4 Å². The van der Waals surface area contributed by atoms with Crippen molar-refractivity contribution in [3.63, 3.8) is 0 Å². The summed E-state index contributed by atoms with van der Waals surface area (Å²) in [6, 6.07) is 8.22. The van der Waals surface area contributed by atoms with Gasteiger partial charge in [0.05, 0.1) is 18.7 Å². The third-order valence-corrected chi connectivity index (χ3v) is 7.84. The summed E-state index contributed by atoms with van der Waals surface area (Å²) in [6.07, 6.45) is 9.12. The summed E-state index contributed by atoms with van der Waals surface area (Å²) in [7, 11) is 1.89. The lowest BCUT2D eigenvalue weighted by Crippen LogP contribution is -2.55. The molecule has 178 valence electrons. The zero-order valence-corrected chi connectivity index (χ0v) is 20.1. The number of hydrogen-bond acceptors (Lipinski definition) is 6. The van der Waals surface area contributed by atoms with E-state index in [-0.39, 0.29) is 5.91 Å². The molecule has 34 heavy (non-hydrogen) atoms. The Morgan fingerprint density at radius 2 is 2.24 bits per heavy atom. The van der Waals surface area contributed by atoms with Gasteiger partial charge in [-0.2, -0.15) is 0 Å². The Morgan fingerprint density at radius 1 is 1.32 bits per heavy atom. The van der Waals surface area contributed by atoms with E-state index in [9.17, 15) is 4.79 Å². The molecule has 6 rings (SSSR count). The van der Waals surface area contributed by atoms with E-state index in [1.807, 2.05) is 36.3 Å². The van der Waals surface area contributed by atoms with E-state index < -0.39 is 5.66 Å². The molecule has 1 amide bonds. The van der Waals surface area contributed by atoms with Gasteiger partial charge in [-0.25, -0.2) is 4.98 Å². The van der Waals surface area contributed by atoms with Gasteiger partial charge in [-0.15, -0.1) is 0 Å². The Morgan fingerprint density at radius 3 is 3.09 bits per heavy atom. The molecular weight excluding hydrogens is 426 g/mol. The molecule has 0 saturated heterocycles. The van der Waals surface area contributed by atoms with Crippen molar-refractivity contribution in [2.24, 2.45) is 16.8 Å². The largest absolute Gasteiger partial charge is 0.493 e. The van der Waals surface area contributed by atoms with Gasteiger partial charge in [0.2, 0.25) is 0 Å². The topological polar surface area (TPSA) is 70.1 Å². The zero-order chi connectivity index (χ0) is 23.3. The average Bonchev–Trinajstić information content (AvgIpc) is 3.63. The third-order valence-electron chi connectivity index (χ3n) is 7.84. The Balaban J connectivity index is 1.24. The van der Waals surface area contributed by atoms with E-state index in [1.54, 1.807) is 0 Å². The number of pyridine rings is 1. The van der Waals surface area contributed by atoms with Crippen molar-refractivity contribution in [1.29, 1.82) is 0 Å². The molecule has 1 N–H and O–H groups in total. The van der Waals surface area contributed by atoms with Crippen molar-refractivity contribution < 1.29 is 9.53 Å². The summed E-state index contributed by atoms with van der Waals surface area (Å²) >= 11 is 0. The molecule has 1 aromatic carbocycles. The second kappa shape index (κ2) is 8.29. The number of carbonyl (C=O) groups is 1. The smallest absolute Gasteiger partial charge is 0.257 e. The number of rotatable bonds is 5. The van der Waals surface area contributed by atoms with Crippen LogP contribution in [-0.2, 0) is 12.8 Å². The molecule has 1 fully saturated rings. The minimum atomic E-state index is -0.403. The number of hydrogen-bond donors (Lipinski definition) is 1. The fraction of sp³-hybridized carbons (Fsp3) is 0.519. The van der Waals surface area contributed by atoms with Crippen LogP contribution >= 0.6 is 0 Å². The quantitative estimate of drug-likeness (QED) is 0.737. The van der Waals surface area contributed by atoms with Crippen molar-refractivity contribution >= 4 is 23.6 Å². The van der Waals surface area contributed by atoms with Crippen molar-refractivity contribution in [1.82, 2.24) is 9.88 Å². The van der Waals surface area contributed by atoms with E-state index in [0.29, 0.717) is 37.0 Å². The number of amides is 1. The van der Waals surface area contributed by atoms with E-state index in [4.69, 9.17) is 14.7 Å². The molecule has 7 nitrogen and oxygen atoms in total. The maximum atomic E-state index is 13.4. The fourth-order valence-electron chi connectivity index (χ4n) is 5.97. The zero-order valence-electron chi connectivity index (χ0n) is 20.1. The molecular formula is C27H33N5O2. The molecule has 1 aromatic heterocycles. The van der Waals surface area contributed by atoms with Gasteiger partial charge in [0, 0.05) is 50.2 Å². The minimum Gasteiger partial charge on any atom is -0.493 e. The van der Waals surface area contributed by atoms with Crippen LogP contribution in [0.15, 0.2) is 35.5 Å². The number of aliphatic imine (C=N–C) groups is 1. The van der Waals surface area contributed by atoms with E-state index >= 15 is 0 Å². The molecule has 0 bridgehead atoms. The van der Waals surface area contributed by atoms with Crippen LogP contribution in [0.3, 0.4) is 0 Å². The lowest BCUT2D eigenvalue weighted by molar-refractivity contribution is 0.0765. The number of nitrogens with zero attached hydrogens (tertiary/aromatic N) is 4. The molecule has 3 atom stereocenters. The first-order chi connectivity index (χ1) is 16.6. The number of aromatic nitrogens is 1. The predicted molar refractivity (Wildman–Crippen MR) is 134 cm³/mol.